The molecule has 0 aliphatic rings. The van der Waals surface area contributed by atoms with Crippen molar-refractivity contribution in [2.45, 2.75) is 26.2 Å². The highest BCUT2D eigenvalue weighted by Crippen LogP contribution is 2.27. The summed E-state index contributed by atoms with van der Waals surface area (Å²) in [7, 11) is 1.54. The van der Waals surface area contributed by atoms with Gasteiger partial charge in [-0.2, -0.15) is 0 Å². The molecule has 24 heavy (non-hydrogen) atoms. The highest BCUT2D eigenvalue weighted by Gasteiger charge is 2.09. The number of carbonyl (C=O) groups is 1. The van der Waals surface area contributed by atoms with Gasteiger partial charge in [0.1, 0.15) is 11.4 Å². The highest BCUT2D eigenvalue weighted by molar-refractivity contribution is 6.32. The van der Waals surface area contributed by atoms with Gasteiger partial charge in [-0.1, -0.05) is 31.4 Å². The molecule has 0 radical (unpaired) electrons. The molecule has 128 valence electrons. The molecular formula is C18H22ClN3O2. The van der Waals surface area contributed by atoms with Gasteiger partial charge >= 0.3 is 0 Å². The summed E-state index contributed by atoms with van der Waals surface area (Å²) in [6, 6.07) is 8.63. The number of hydrogen-bond donors (Lipinski definition) is 2. The summed E-state index contributed by atoms with van der Waals surface area (Å²) in [5.41, 5.74) is 1.85. The molecule has 2 N–H and O–H groups in total. The number of pyridine rings is 1. The van der Waals surface area contributed by atoms with Crippen LogP contribution < -0.4 is 15.4 Å². The van der Waals surface area contributed by atoms with Crippen molar-refractivity contribution in [1.82, 2.24) is 4.98 Å². The topological polar surface area (TPSA) is 63.2 Å². The third-order valence-corrected chi connectivity index (χ3v) is 3.81. The Morgan fingerprint density at radius 3 is 2.62 bits per heavy atom. The molecule has 0 aliphatic heterocycles. The number of aromatic nitrogens is 1. The minimum Gasteiger partial charge on any atom is -0.495 e. The van der Waals surface area contributed by atoms with Crippen molar-refractivity contribution in [3.05, 3.63) is 47.2 Å². The number of nitrogens with zero attached hydrogens (tertiary/aromatic N) is 1. The predicted octanol–water partition coefficient (Wildman–Crippen LogP) is 4.60. The molecule has 1 amide bonds. The van der Waals surface area contributed by atoms with E-state index in [0.717, 1.165) is 18.7 Å². The van der Waals surface area contributed by atoms with Crippen molar-refractivity contribution < 1.29 is 9.53 Å². The van der Waals surface area contributed by atoms with Crippen molar-refractivity contribution in [2.75, 3.05) is 24.3 Å². The zero-order chi connectivity index (χ0) is 17.4. The van der Waals surface area contributed by atoms with E-state index in [2.05, 4.69) is 22.5 Å². The predicted molar refractivity (Wildman–Crippen MR) is 98.2 cm³/mol. The first-order chi connectivity index (χ1) is 11.6. The first-order valence-electron chi connectivity index (χ1n) is 7.99. The number of nitrogens with one attached hydrogen (secondary N) is 2. The molecule has 0 spiro atoms. The Bertz CT molecular complexity index is 674. The summed E-state index contributed by atoms with van der Waals surface area (Å²) >= 11 is 6.05. The molecule has 0 saturated heterocycles. The van der Waals surface area contributed by atoms with Gasteiger partial charge in [0, 0.05) is 12.2 Å². The molecule has 0 bridgehead atoms. The fourth-order valence-corrected chi connectivity index (χ4v) is 2.44. The third-order valence-electron chi connectivity index (χ3n) is 3.52. The Hall–Kier alpha value is -2.27. The summed E-state index contributed by atoms with van der Waals surface area (Å²) in [5.74, 6) is 0.278. The van der Waals surface area contributed by atoms with Gasteiger partial charge in [-0.3, -0.25) is 4.79 Å². The van der Waals surface area contributed by atoms with Gasteiger partial charge in [0.05, 0.1) is 24.0 Å². The summed E-state index contributed by atoms with van der Waals surface area (Å²) in [6.45, 7) is 3.08. The van der Waals surface area contributed by atoms with E-state index in [1.54, 1.807) is 37.6 Å². The van der Waals surface area contributed by atoms with Crippen molar-refractivity contribution >= 4 is 28.9 Å². The van der Waals surface area contributed by atoms with Crippen LogP contribution in [0.1, 0.15) is 36.7 Å². The number of ether oxygens (including phenoxy) is 1. The molecule has 0 atom stereocenters. The van der Waals surface area contributed by atoms with E-state index in [-0.39, 0.29) is 5.91 Å². The van der Waals surface area contributed by atoms with Crippen LogP contribution in [0.5, 0.6) is 5.75 Å². The smallest absolute Gasteiger partial charge is 0.274 e. The molecule has 1 aromatic heterocycles. The van der Waals surface area contributed by atoms with E-state index in [0.29, 0.717) is 22.2 Å². The van der Waals surface area contributed by atoms with Gasteiger partial charge in [0.2, 0.25) is 0 Å². The lowest BCUT2D eigenvalue weighted by atomic mass is 10.2. The molecule has 2 rings (SSSR count). The van der Waals surface area contributed by atoms with Crippen LogP contribution in [0.3, 0.4) is 0 Å². The molecule has 0 aliphatic carbocycles. The quantitative estimate of drug-likeness (QED) is 0.685. The molecular weight excluding hydrogens is 326 g/mol. The Labute approximate surface area is 147 Å². The summed E-state index contributed by atoms with van der Waals surface area (Å²) < 4.78 is 5.09. The van der Waals surface area contributed by atoms with Crippen LogP contribution in [0, 0.1) is 0 Å². The second-order valence-corrected chi connectivity index (χ2v) is 5.78. The fourth-order valence-electron chi connectivity index (χ4n) is 2.18. The lowest BCUT2D eigenvalue weighted by molar-refractivity contribution is 0.102. The zero-order valence-electron chi connectivity index (χ0n) is 13.9. The standard InChI is InChI=1S/C18H22ClN3O2/c1-3-4-5-10-20-14-6-8-16(21-12-14)18(23)22-13-7-9-17(24-2)15(19)11-13/h6-9,11-12,20H,3-5,10H2,1-2H3,(H,22,23). The minimum absolute atomic E-state index is 0.284. The molecule has 1 aromatic carbocycles. The Kier molecular flexibility index (Phi) is 6.88. The molecule has 2 aromatic rings. The number of methoxy groups -OCH3 is 1. The van der Waals surface area contributed by atoms with Crippen LogP contribution >= 0.6 is 11.6 Å². The lowest BCUT2D eigenvalue weighted by Gasteiger charge is -2.09. The molecule has 0 saturated carbocycles. The second kappa shape index (κ2) is 9.13. The number of rotatable bonds is 8. The molecule has 1 heterocycles. The van der Waals surface area contributed by atoms with Gasteiger partial charge in [0.25, 0.3) is 5.91 Å². The number of hydrogen-bond acceptors (Lipinski definition) is 4. The van der Waals surface area contributed by atoms with E-state index in [9.17, 15) is 4.79 Å². The Balaban J connectivity index is 1.93. The Morgan fingerprint density at radius 1 is 1.21 bits per heavy atom. The van der Waals surface area contributed by atoms with Crippen LogP contribution in [0.4, 0.5) is 11.4 Å². The van der Waals surface area contributed by atoms with Crippen LogP contribution in [0.25, 0.3) is 0 Å². The normalized spacial score (nSPS) is 10.3. The summed E-state index contributed by atoms with van der Waals surface area (Å²) in [6.07, 6.45) is 5.18. The zero-order valence-corrected chi connectivity index (χ0v) is 14.7. The number of halogens is 1. The van der Waals surface area contributed by atoms with Crippen LogP contribution in [0.15, 0.2) is 36.5 Å². The number of anilines is 2. The van der Waals surface area contributed by atoms with Crippen LogP contribution in [-0.4, -0.2) is 24.5 Å². The van der Waals surface area contributed by atoms with E-state index in [1.807, 2.05) is 6.07 Å². The van der Waals surface area contributed by atoms with Gasteiger partial charge in [0.15, 0.2) is 0 Å². The van der Waals surface area contributed by atoms with Gasteiger partial charge in [-0.25, -0.2) is 4.98 Å². The van der Waals surface area contributed by atoms with E-state index >= 15 is 0 Å². The first-order valence-corrected chi connectivity index (χ1v) is 8.36. The lowest BCUT2D eigenvalue weighted by Crippen LogP contribution is -2.14. The maximum absolute atomic E-state index is 12.2. The fraction of sp³-hybridized carbons (Fsp3) is 0.333. The highest BCUT2D eigenvalue weighted by atomic mass is 35.5. The second-order valence-electron chi connectivity index (χ2n) is 5.37. The number of benzene rings is 1. The van der Waals surface area contributed by atoms with Crippen LogP contribution in [-0.2, 0) is 0 Å². The Morgan fingerprint density at radius 2 is 2.00 bits per heavy atom. The molecule has 6 heteroatoms. The molecule has 0 unspecified atom stereocenters. The number of carbonyl (C=O) groups excluding carboxylic acids is 1. The van der Waals surface area contributed by atoms with E-state index in [4.69, 9.17) is 16.3 Å². The first kappa shape index (κ1) is 18.1. The average molecular weight is 348 g/mol. The van der Waals surface area contributed by atoms with Crippen molar-refractivity contribution in [3.63, 3.8) is 0 Å². The van der Waals surface area contributed by atoms with Crippen LogP contribution in [0.2, 0.25) is 5.02 Å². The molecule has 0 fully saturated rings. The average Bonchev–Trinajstić information content (AvgIpc) is 2.59. The number of amides is 1. The van der Waals surface area contributed by atoms with Gasteiger partial charge < -0.3 is 15.4 Å². The molecule has 5 nitrogen and oxygen atoms in total. The van der Waals surface area contributed by atoms with Crippen molar-refractivity contribution in [1.29, 1.82) is 0 Å². The van der Waals surface area contributed by atoms with E-state index in [1.165, 1.54) is 12.8 Å². The van der Waals surface area contributed by atoms with Crippen molar-refractivity contribution in [2.24, 2.45) is 0 Å². The van der Waals surface area contributed by atoms with Gasteiger partial charge in [-0.05, 0) is 36.8 Å². The minimum atomic E-state index is -0.284. The summed E-state index contributed by atoms with van der Waals surface area (Å²) in [5, 5.41) is 6.50. The SMILES string of the molecule is CCCCCNc1ccc(C(=O)Nc2ccc(OC)c(Cl)c2)nc1. The monoisotopic (exact) mass is 347 g/mol. The largest absolute Gasteiger partial charge is 0.495 e. The maximum Gasteiger partial charge on any atom is 0.274 e. The van der Waals surface area contributed by atoms with Gasteiger partial charge in [-0.15, -0.1) is 0 Å². The maximum atomic E-state index is 12.2. The third kappa shape index (κ3) is 5.13. The number of unbranched alkanes of at least 4 members (excludes halogenated alkanes) is 2. The van der Waals surface area contributed by atoms with Crippen molar-refractivity contribution in [3.8, 4) is 5.75 Å². The van der Waals surface area contributed by atoms with E-state index < -0.39 is 0 Å². The summed E-state index contributed by atoms with van der Waals surface area (Å²) in [4.78, 5) is 16.4.